The molecule has 11 aliphatic rings. The van der Waals surface area contributed by atoms with E-state index in [1.165, 1.54) is 18.2 Å². The molecule has 9 aliphatic heterocycles. The van der Waals surface area contributed by atoms with Crippen molar-refractivity contribution >= 4 is 17.3 Å². The van der Waals surface area contributed by atoms with E-state index in [-0.39, 0.29) is 41.6 Å². The van der Waals surface area contributed by atoms with Crippen molar-refractivity contribution in [3.05, 3.63) is 64.9 Å². The fraction of sp³-hybridized carbons (Fsp3) is 0.651. The van der Waals surface area contributed by atoms with Crippen LogP contribution >= 0.6 is 0 Å². The number of carbonyl (C=O) groups excluding carboxylic acids is 1. The second-order valence-electron chi connectivity index (χ2n) is 19.0. The molecule has 9 heterocycles. The van der Waals surface area contributed by atoms with Gasteiger partial charge in [-0.2, -0.15) is 0 Å². The van der Waals surface area contributed by atoms with E-state index >= 15 is 0 Å². The number of aliphatic hydroxyl groups is 2. The average Bonchev–Trinajstić information content (AvgIpc) is 4.04. The number of nitrogens with one attached hydrogen (secondary N) is 1. The quantitative estimate of drug-likeness (QED) is 0.394. The number of anilines is 2. The average molecular weight is 735 g/mol. The minimum Gasteiger partial charge on any atom is -0.495 e. The molecule has 1 saturated carbocycles. The Morgan fingerprint density at radius 1 is 0.907 bits per heavy atom. The van der Waals surface area contributed by atoms with Crippen molar-refractivity contribution in [1.82, 2.24) is 9.80 Å². The predicted molar refractivity (Wildman–Crippen MR) is 197 cm³/mol. The van der Waals surface area contributed by atoms with Crippen molar-refractivity contribution in [2.45, 2.75) is 98.4 Å². The van der Waals surface area contributed by atoms with Crippen LogP contribution in [-0.2, 0) is 29.8 Å². The third-order valence-electron chi connectivity index (χ3n) is 17.9. The molecule has 2 aliphatic carbocycles. The van der Waals surface area contributed by atoms with Gasteiger partial charge in [-0.15, -0.1) is 0 Å². The maximum atomic E-state index is 14.0. The summed E-state index contributed by atoms with van der Waals surface area (Å²) in [6.07, 6.45) is 5.48. The van der Waals surface area contributed by atoms with Crippen LogP contribution < -0.4 is 15.0 Å². The first-order valence-corrected chi connectivity index (χ1v) is 20.5. The zero-order valence-corrected chi connectivity index (χ0v) is 31.2. The van der Waals surface area contributed by atoms with Crippen molar-refractivity contribution in [3.8, 4) is 5.75 Å². The van der Waals surface area contributed by atoms with Crippen LogP contribution in [0.3, 0.4) is 0 Å². The lowest BCUT2D eigenvalue weighted by molar-refractivity contribution is -0.276. The lowest BCUT2D eigenvalue weighted by Gasteiger charge is -2.71. The minimum atomic E-state index is -1.16. The molecule has 3 N–H and O–H groups in total. The normalized spacial score (nSPS) is 48.3. The number of piperidine rings is 3. The molecule has 12 atom stereocenters. The largest absolute Gasteiger partial charge is 0.495 e. The lowest BCUT2D eigenvalue weighted by Crippen LogP contribution is -2.82. The van der Waals surface area contributed by atoms with E-state index in [0.717, 1.165) is 81.0 Å². The maximum absolute atomic E-state index is 14.0. The van der Waals surface area contributed by atoms with Gasteiger partial charge >= 0.3 is 5.97 Å². The number of carbonyl (C=O) groups is 1. The minimum absolute atomic E-state index is 0.0612. The molecule has 284 valence electrons. The smallest absolute Gasteiger partial charge is 0.335 e. The van der Waals surface area contributed by atoms with Gasteiger partial charge in [0.05, 0.1) is 53.9 Å². The third kappa shape index (κ3) is 3.03. The second-order valence-corrected chi connectivity index (χ2v) is 19.0. The number of methoxy groups -OCH3 is 2. The van der Waals surface area contributed by atoms with Gasteiger partial charge in [0.1, 0.15) is 12.0 Å². The molecule has 1 unspecified atom stereocenters. The molecule has 7 saturated heterocycles. The van der Waals surface area contributed by atoms with E-state index in [4.69, 9.17) is 18.9 Å². The van der Waals surface area contributed by atoms with E-state index in [1.54, 1.807) is 7.11 Å². The first-order chi connectivity index (χ1) is 26.2. The summed E-state index contributed by atoms with van der Waals surface area (Å²) in [4.78, 5) is 21.4. The molecule has 8 fully saturated rings. The number of hydrogen-bond acceptors (Lipinski definition) is 11. The summed E-state index contributed by atoms with van der Waals surface area (Å²) in [5.74, 6) is 0.350. The third-order valence-corrected chi connectivity index (χ3v) is 17.9. The molecule has 11 nitrogen and oxygen atoms in total. The number of ether oxygens (including phenoxy) is 4. The van der Waals surface area contributed by atoms with Gasteiger partial charge in [-0.25, -0.2) is 4.79 Å². The number of aliphatic hydroxyl groups excluding tert-OH is 1. The monoisotopic (exact) mass is 734 g/mol. The van der Waals surface area contributed by atoms with Crippen LogP contribution in [0.15, 0.2) is 53.7 Å². The van der Waals surface area contributed by atoms with E-state index in [2.05, 4.69) is 56.4 Å². The molecule has 0 bridgehead atoms. The summed E-state index contributed by atoms with van der Waals surface area (Å²) < 4.78 is 25.6. The van der Waals surface area contributed by atoms with Crippen molar-refractivity contribution in [1.29, 1.82) is 0 Å². The van der Waals surface area contributed by atoms with Gasteiger partial charge in [0.15, 0.2) is 5.72 Å². The summed E-state index contributed by atoms with van der Waals surface area (Å²) >= 11 is 0. The van der Waals surface area contributed by atoms with Gasteiger partial charge in [-0.05, 0) is 81.2 Å². The highest BCUT2D eigenvalue weighted by atomic mass is 16.5. The van der Waals surface area contributed by atoms with Crippen LogP contribution in [0.2, 0.25) is 0 Å². The van der Waals surface area contributed by atoms with Crippen molar-refractivity contribution in [3.63, 3.8) is 0 Å². The van der Waals surface area contributed by atoms with Gasteiger partial charge in [0.2, 0.25) is 0 Å². The summed E-state index contributed by atoms with van der Waals surface area (Å²) in [7, 11) is 3.23. The Labute approximate surface area is 315 Å². The molecule has 0 aromatic heterocycles. The number of nitrogens with zero attached hydrogens (tertiary/aromatic N) is 3. The number of benzene rings is 2. The Balaban J connectivity index is 1.04. The molecule has 2 aromatic rings. The Hall–Kier alpha value is -3.19. The number of para-hydroxylation sites is 2. The number of fused-ring (bicyclic) bond motifs is 4. The van der Waals surface area contributed by atoms with Gasteiger partial charge in [-0.1, -0.05) is 30.3 Å². The first kappa shape index (κ1) is 32.0. The first-order valence-electron chi connectivity index (χ1n) is 20.5. The van der Waals surface area contributed by atoms with Crippen LogP contribution in [-0.4, -0.2) is 116 Å². The van der Waals surface area contributed by atoms with E-state index in [9.17, 15) is 15.0 Å². The Bertz CT molecular complexity index is 2090. The van der Waals surface area contributed by atoms with Gasteiger partial charge in [0.25, 0.3) is 0 Å². The fourth-order valence-corrected chi connectivity index (χ4v) is 16.7. The van der Waals surface area contributed by atoms with Gasteiger partial charge in [-0.3, -0.25) is 9.80 Å². The zero-order chi connectivity index (χ0) is 36.2. The molecular weight excluding hydrogens is 684 g/mol. The molecule has 0 radical (unpaired) electrons. The van der Waals surface area contributed by atoms with Crippen molar-refractivity contribution in [2.75, 3.05) is 63.8 Å². The molecular formula is C43H50N4O7. The standard InChI is InChI=1S/C43H50N4O7/c1-51-29-9-5-7-27-31(29)47-23-40(21-24-20-38-13-18-53-30(38)10-15-45-16-12-42(27,35(38)45)43(24,47)50)36-39(14-19-54-36)22-25(33(48)52-2)32-41(11-17-46(34(39)41)37(40)49)26-6-3-4-8-28(26)44-32/h3-9,24,30,34-37,44,49-50H,10-23H2,1-2H3/t24-,30-,34-,35-,36+,37?,38+,39-,40-,41-,42+,43+/m0/s1. The Morgan fingerprint density at radius 3 is 2.59 bits per heavy atom. The zero-order valence-electron chi connectivity index (χ0n) is 31.2. The van der Waals surface area contributed by atoms with Crippen LogP contribution in [0.1, 0.15) is 62.5 Å². The van der Waals surface area contributed by atoms with E-state index in [0.29, 0.717) is 38.1 Å². The number of hydrogen-bond donors (Lipinski definition) is 3. The number of rotatable bonds is 2. The molecule has 11 heteroatoms. The van der Waals surface area contributed by atoms with Gasteiger partial charge < -0.3 is 39.4 Å². The second kappa shape index (κ2) is 9.84. The highest BCUT2D eigenvalue weighted by Crippen LogP contribution is 2.78. The van der Waals surface area contributed by atoms with Crippen molar-refractivity contribution < 1.29 is 34.0 Å². The van der Waals surface area contributed by atoms with E-state index < -0.39 is 33.6 Å². The van der Waals surface area contributed by atoms with E-state index in [1.807, 2.05) is 6.07 Å². The number of esters is 1. The topological polar surface area (TPSA) is 116 Å². The summed E-state index contributed by atoms with van der Waals surface area (Å²) in [5, 5.41) is 31.2. The summed E-state index contributed by atoms with van der Waals surface area (Å²) in [5.41, 5.74) is 2.62. The molecule has 0 amide bonds. The van der Waals surface area contributed by atoms with Crippen molar-refractivity contribution in [2.24, 2.45) is 22.2 Å². The SMILES string of the molecule is COC(=O)C1=C2Nc3ccccc3[C@@]23CCN2C(O)[C@]4(C[C@@H]5C[C@]67CCO[C@H]6CCN6CC[C@@]8(c9cccc(OC)c9N(C4)[C@@]58O)[C@@H]67)[C@@H]4OCC[C@]4(C1)[C@H]23. The predicted octanol–water partition coefficient (Wildman–Crippen LogP) is 3.48. The fourth-order valence-electron chi connectivity index (χ4n) is 16.7. The Morgan fingerprint density at radius 2 is 1.72 bits per heavy atom. The van der Waals surface area contributed by atoms with Crippen LogP contribution in [0.4, 0.5) is 11.4 Å². The highest BCUT2D eigenvalue weighted by molar-refractivity contribution is 5.93. The highest BCUT2D eigenvalue weighted by Gasteiger charge is 2.84. The molecule has 13 rings (SSSR count). The van der Waals surface area contributed by atoms with Crippen LogP contribution in [0.5, 0.6) is 5.75 Å². The molecule has 5 spiro atoms. The lowest BCUT2D eigenvalue weighted by atomic mass is 9.43. The summed E-state index contributed by atoms with van der Waals surface area (Å²) in [6, 6.07) is 15.0. The molecule has 54 heavy (non-hydrogen) atoms. The Kier molecular flexibility index (Phi) is 5.82. The van der Waals surface area contributed by atoms with Crippen LogP contribution in [0.25, 0.3) is 0 Å². The summed E-state index contributed by atoms with van der Waals surface area (Å²) in [6.45, 7) is 4.41. The van der Waals surface area contributed by atoms with Gasteiger partial charge in [0, 0.05) is 73.1 Å². The van der Waals surface area contributed by atoms with Crippen LogP contribution in [0, 0.1) is 22.2 Å². The maximum Gasteiger partial charge on any atom is 0.335 e. The molecule has 2 aromatic carbocycles.